The van der Waals surface area contributed by atoms with Crippen LogP contribution >= 0.6 is 0 Å². The molecule has 4 nitrogen and oxygen atoms in total. The summed E-state index contributed by atoms with van der Waals surface area (Å²) in [6.45, 7) is 3.55. The van der Waals surface area contributed by atoms with Gasteiger partial charge in [-0.25, -0.2) is 8.78 Å². The van der Waals surface area contributed by atoms with Crippen LogP contribution in [0.2, 0.25) is 0 Å². The molecule has 1 rings (SSSR count). The van der Waals surface area contributed by atoms with Gasteiger partial charge in [0.05, 0.1) is 12.3 Å². The maximum absolute atomic E-state index is 13.5. The molecule has 1 aromatic carbocycles. The van der Waals surface area contributed by atoms with E-state index in [9.17, 15) is 18.4 Å². The molecule has 0 aliphatic heterocycles. The molecule has 110 valence electrons. The summed E-state index contributed by atoms with van der Waals surface area (Å²) in [7, 11) is 0. The van der Waals surface area contributed by atoms with Crippen molar-refractivity contribution < 1.29 is 23.5 Å². The standard InChI is InChI=1S/C14H17F2NO3/c1-3-17(8-9(2)14(19)20)12(18)7-10-5-4-6-11(15)13(10)16/h4-6,9H,3,7-8H2,1-2H3,(H,19,20). The number of likely N-dealkylation sites (N-methyl/N-ethyl adjacent to an activating group) is 1. The van der Waals surface area contributed by atoms with Gasteiger partial charge in [-0.2, -0.15) is 0 Å². The van der Waals surface area contributed by atoms with E-state index in [0.717, 1.165) is 6.07 Å². The third-order valence-corrected chi connectivity index (χ3v) is 3.02. The van der Waals surface area contributed by atoms with Crippen LogP contribution in [0, 0.1) is 17.6 Å². The molecular weight excluding hydrogens is 268 g/mol. The Hall–Kier alpha value is -1.98. The number of carbonyl (C=O) groups is 2. The molecule has 0 heterocycles. The molecule has 1 aromatic rings. The van der Waals surface area contributed by atoms with E-state index in [4.69, 9.17) is 5.11 Å². The summed E-state index contributed by atoms with van der Waals surface area (Å²) in [5, 5.41) is 8.83. The molecule has 0 radical (unpaired) electrons. The fourth-order valence-corrected chi connectivity index (χ4v) is 1.78. The molecule has 1 unspecified atom stereocenters. The first kappa shape index (κ1) is 16.1. The van der Waals surface area contributed by atoms with Gasteiger partial charge in [0, 0.05) is 18.7 Å². The molecule has 0 aliphatic rings. The molecule has 0 fully saturated rings. The minimum atomic E-state index is -1.04. The number of carboxylic acids is 1. The van der Waals surface area contributed by atoms with E-state index in [0.29, 0.717) is 6.54 Å². The summed E-state index contributed by atoms with van der Waals surface area (Å²) in [6.07, 6.45) is -0.288. The zero-order chi connectivity index (χ0) is 15.3. The molecule has 1 atom stereocenters. The Morgan fingerprint density at radius 3 is 2.55 bits per heavy atom. The molecule has 6 heteroatoms. The van der Waals surface area contributed by atoms with Crippen LogP contribution < -0.4 is 0 Å². The Labute approximate surface area is 116 Å². The normalized spacial score (nSPS) is 12.0. The molecule has 20 heavy (non-hydrogen) atoms. The average Bonchev–Trinajstić information content (AvgIpc) is 2.40. The fourth-order valence-electron chi connectivity index (χ4n) is 1.78. The second-order valence-corrected chi connectivity index (χ2v) is 4.56. The van der Waals surface area contributed by atoms with Crippen LogP contribution in [-0.4, -0.2) is 35.0 Å². The van der Waals surface area contributed by atoms with Crippen molar-refractivity contribution >= 4 is 11.9 Å². The van der Waals surface area contributed by atoms with Gasteiger partial charge in [-0.1, -0.05) is 19.1 Å². The first-order valence-corrected chi connectivity index (χ1v) is 6.30. The lowest BCUT2D eigenvalue weighted by Gasteiger charge is -2.23. The van der Waals surface area contributed by atoms with E-state index in [1.165, 1.54) is 24.0 Å². The summed E-state index contributed by atoms with van der Waals surface area (Å²) >= 11 is 0. The van der Waals surface area contributed by atoms with Gasteiger partial charge in [-0.05, 0) is 13.0 Å². The predicted octanol–water partition coefficient (Wildman–Crippen LogP) is 2.08. The van der Waals surface area contributed by atoms with E-state index in [1.54, 1.807) is 6.92 Å². The minimum absolute atomic E-state index is 0.0311. The van der Waals surface area contributed by atoms with Crippen molar-refractivity contribution in [1.29, 1.82) is 0 Å². The summed E-state index contributed by atoms with van der Waals surface area (Å²) < 4.78 is 26.5. The Morgan fingerprint density at radius 2 is 2.00 bits per heavy atom. The van der Waals surface area contributed by atoms with Gasteiger partial charge in [0.1, 0.15) is 0 Å². The van der Waals surface area contributed by atoms with Crippen molar-refractivity contribution in [3.63, 3.8) is 0 Å². The molecule has 0 aliphatic carbocycles. The van der Waals surface area contributed by atoms with Gasteiger partial charge < -0.3 is 10.0 Å². The zero-order valence-corrected chi connectivity index (χ0v) is 11.4. The van der Waals surface area contributed by atoms with Crippen molar-refractivity contribution in [1.82, 2.24) is 4.90 Å². The third-order valence-electron chi connectivity index (χ3n) is 3.02. The Bertz CT molecular complexity index is 505. The van der Waals surface area contributed by atoms with Gasteiger partial charge in [-0.15, -0.1) is 0 Å². The number of hydrogen-bond donors (Lipinski definition) is 1. The second kappa shape index (κ2) is 6.98. The van der Waals surface area contributed by atoms with E-state index >= 15 is 0 Å². The van der Waals surface area contributed by atoms with Crippen LogP contribution in [0.3, 0.4) is 0 Å². The van der Waals surface area contributed by atoms with Crippen LogP contribution in [0.4, 0.5) is 8.78 Å². The average molecular weight is 285 g/mol. The van der Waals surface area contributed by atoms with E-state index in [1.807, 2.05) is 0 Å². The number of rotatable bonds is 6. The molecule has 0 bridgehead atoms. The second-order valence-electron chi connectivity index (χ2n) is 4.56. The highest BCUT2D eigenvalue weighted by molar-refractivity contribution is 5.79. The first-order chi connectivity index (χ1) is 9.36. The lowest BCUT2D eigenvalue weighted by Crippen LogP contribution is -2.37. The highest BCUT2D eigenvalue weighted by Crippen LogP contribution is 2.13. The summed E-state index contributed by atoms with van der Waals surface area (Å²) in [6, 6.07) is 3.65. The lowest BCUT2D eigenvalue weighted by molar-refractivity contribution is -0.142. The number of hydrogen-bond acceptors (Lipinski definition) is 2. The lowest BCUT2D eigenvalue weighted by atomic mass is 10.1. The number of carboxylic acid groups (broad SMARTS) is 1. The van der Waals surface area contributed by atoms with Crippen LogP contribution in [0.25, 0.3) is 0 Å². The summed E-state index contributed by atoms with van der Waals surface area (Å²) in [4.78, 5) is 24.1. The molecule has 0 spiro atoms. The number of amides is 1. The van der Waals surface area contributed by atoms with Crippen molar-refractivity contribution in [2.45, 2.75) is 20.3 Å². The SMILES string of the molecule is CCN(CC(C)C(=O)O)C(=O)Cc1cccc(F)c1F. The van der Waals surface area contributed by atoms with Gasteiger partial charge in [0.15, 0.2) is 11.6 Å². The topological polar surface area (TPSA) is 57.6 Å². The minimum Gasteiger partial charge on any atom is -0.481 e. The van der Waals surface area contributed by atoms with Crippen molar-refractivity contribution in [2.24, 2.45) is 5.92 Å². The van der Waals surface area contributed by atoms with Gasteiger partial charge in [-0.3, -0.25) is 9.59 Å². The van der Waals surface area contributed by atoms with E-state index in [2.05, 4.69) is 0 Å². The van der Waals surface area contributed by atoms with E-state index < -0.39 is 29.4 Å². The van der Waals surface area contributed by atoms with Crippen LogP contribution in [0.5, 0.6) is 0 Å². The van der Waals surface area contributed by atoms with Crippen molar-refractivity contribution in [2.75, 3.05) is 13.1 Å². The highest BCUT2D eigenvalue weighted by Gasteiger charge is 2.20. The van der Waals surface area contributed by atoms with Crippen LogP contribution in [0.15, 0.2) is 18.2 Å². The highest BCUT2D eigenvalue weighted by atomic mass is 19.2. The third kappa shape index (κ3) is 4.01. The Morgan fingerprint density at radius 1 is 1.35 bits per heavy atom. The molecular formula is C14H17F2NO3. The number of halogens is 2. The quantitative estimate of drug-likeness (QED) is 0.870. The number of carbonyl (C=O) groups excluding carboxylic acids is 1. The molecule has 0 saturated heterocycles. The number of nitrogens with zero attached hydrogens (tertiary/aromatic N) is 1. The van der Waals surface area contributed by atoms with Gasteiger partial charge >= 0.3 is 5.97 Å². The smallest absolute Gasteiger partial charge is 0.308 e. The number of aliphatic carboxylic acids is 1. The van der Waals surface area contributed by atoms with E-state index in [-0.39, 0.29) is 18.5 Å². The predicted molar refractivity (Wildman–Crippen MR) is 69.1 cm³/mol. The van der Waals surface area contributed by atoms with Crippen LogP contribution in [-0.2, 0) is 16.0 Å². The fraction of sp³-hybridized carbons (Fsp3) is 0.429. The molecule has 1 amide bonds. The maximum atomic E-state index is 13.5. The van der Waals surface area contributed by atoms with Gasteiger partial charge in [0.2, 0.25) is 5.91 Å². The zero-order valence-electron chi connectivity index (χ0n) is 11.4. The molecule has 1 N–H and O–H groups in total. The van der Waals surface area contributed by atoms with Crippen molar-refractivity contribution in [3.8, 4) is 0 Å². The Balaban J connectivity index is 2.77. The van der Waals surface area contributed by atoms with Crippen molar-refractivity contribution in [3.05, 3.63) is 35.4 Å². The maximum Gasteiger partial charge on any atom is 0.308 e. The Kier molecular flexibility index (Phi) is 5.61. The molecule has 0 saturated carbocycles. The summed E-state index contributed by atoms with van der Waals surface area (Å²) in [5.74, 6) is -4.19. The first-order valence-electron chi connectivity index (χ1n) is 6.30. The summed E-state index contributed by atoms with van der Waals surface area (Å²) in [5.41, 5.74) is -0.0311. The molecule has 0 aromatic heterocycles. The largest absolute Gasteiger partial charge is 0.481 e. The van der Waals surface area contributed by atoms with Crippen LogP contribution in [0.1, 0.15) is 19.4 Å². The van der Waals surface area contributed by atoms with Gasteiger partial charge in [0.25, 0.3) is 0 Å². The monoisotopic (exact) mass is 285 g/mol. The number of benzene rings is 1.